The van der Waals surface area contributed by atoms with E-state index >= 15 is 0 Å². The lowest BCUT2D eigenvalue weighted by molar-refractivity contribution is 0.656. The zero-order valence-electron chi connectivity index (χ0n) is 14.4. The van der Waals surface area contributed by atoms with Crippen LogP contribution in [0.3, 0.4) is 0 Å². The Morgan fingerprint density at radius 3 is 2.65 bits per heavy atom. The summed E-state index contributed by atoms with van der Waals surface area (Å²) in [6.45, 7) is 0. The minimum Gasteiger partial charge on any atom is -0.338 e. The first kappa shape index (κ1) is 15.8. The second-order valence-corrected chi connectivity index (χ2v) is 8.17. The lowest BCUT2D eigenvalue weighted by atomic mass is 10.1. The molecule has 0 amide bonds. The second kappa shape index (κ2) is 6.72. The molecule has 1 aliphatic carbocycles. The molecule has 2 aromatic carbocycles. The molecular weight excluding hydrogens is 340 g/mol. The number of nitrogens with zero attached hydrogens (tertiary/aromatic N) is 3. The highest BCUT2D eigenvalue weighted by Gasteiger charge is 2.24. The molecule has 0 aliphatic heterocycles. The Labute approximate surface area is 156 Å². The molecule has 5 rings (SSSR count). The zero-order chi connectivity index (χ0) is 17.3. The van der Waals surface area contributed by atoms with Crippen LogP contribution < -0.4 is 0 Å². The number of H-pyrrole nitrogens is 1. The van der Waals surface area contributed by atoms with E-state index in [1.165, 1.54) is 24.8 Å². The van der Waals surface area contributed by atoms with E-state index < -0.39 is 0 Å². The van der Waals surface area contributed by atoms with Gasteiger partial charge in [0.1, 0.15) is 5.52 Å². The third-order valence-corrected chi connectivity index (χ3v) is 6.23. The Kier molecular flexibility index (Phi) is 4.09. The van der Waals surface area contributed by atoms with Gasteiger partial charge in [0.2, 0.25) is 5.16 Å². The quantitative estimate of drug-likeness (QED) is 0.459. The maximum atomic E-state index is 4.75. The highest BCUT2D eigenvalue weighted by Crippen LogP contribution is 2.42. The average Bonchev–Trinajstić information content (AvgIpc) is 3.44. The van der Waals surface area contributed by atoms with Crippen molar-refractivity contribution in [3.05, 3.63) is 60.2 Å². The predicted molar refractivity (Wildman–Crippen MR) is 106 cm³/mol. The van der Waals surface area contributed by atoms with E-state index in [1.54, 1.807) is 11.8 Å². The summed E-state index contributed by atoms with van der Waals surface area (Å²) >= 11 is 1.73. The lowest BCUT2D eigenvalue weighted by Gasteiger charge is -2.15. The number of thioether (sulfide) groups is 1. The summed E-state index contributed by atoms with van der Waals surface area (Å²) in [5, 5.41) is 11.1. The summed E-state index contributed by atoms with van der Waals surface area (Å²) in [5.41, 5.74) is 4.06. The topological polar surface area (TPSA) is 54.5 Å². The Morgan fingerprint density at radius 1 is 1.00 bits per heavy atom. The summed E-state index contributed by atoms with van der Waals surface area (Å²) in [5.74, 6) is 0.928. The third-order valence-electron chi connectivity index (χ3n) is 5.06. The van der Waals surface area contributed by atoms with Crippen molar-refractivity contribution in [3.8, 4) is 0 Å². The van der Waals surface area contributed by atoms with Crippen LogP contribution in [-0.2, 0) is 0 Å². The van der Waals surface area contributed by atoms with E-state index in [9.17, 15) is 0 Å². The monoisotopic (exact) mass is 360 g/mol. The summed E-state index contributed by atoms with van der Waals surface area (Å²) in [4.78, 5) is 8.12. The number of rotatable bonds is 6. The number of benzene rings is 2. The average molecular weight is 360 g/mol. The zero-order valence-corrected chi connectivity index (χ0v) is 15.2. The van der Waals surface area contributed by atoms with Crippen molar-refractivity contribution in [1.29, 1.82) is 0 Å². The van der Waals surface area contributed by atoms with Gasteiger partial charge in [0.05, 0.1) is 0 Å². The van der Waals surface area contributed by atoms with Gasteiger partial charge in [-0.2, -0.15) is 0 Å². The van der Waals surface area contributed by atoms with E-state index in [2.05, 4.69) is 51.6 Å². The van der Waals surface area contributed by atoms with Crippen LogP contribution in [-0.4, -0.2) is 20.2 Å². The van der Waals surface area contributed by atoms with E-state index in [0.29, 0.717) is 5.25 Å². The van der Waals surface area contributed by atoms with Gasteiger partial charge in [0, 0.05) is 16.2 Å². The van der Waals surface area contributed by atoms with Crippen LogP contribution in [0.25, 0.3) is 22.1 Å². The molecular formula is C21H20N4S. The van der Waals surface area contributed by atoms with Crippen molar-refractivity contribution in [3.63, 3.8) is 0 Å². The fourth-order valence-electron chi connectivity index (χ4n) is 3.44. The molecule has 1 fully saturated rings. The van der Waals surface area contributed by atoms with Crippen molar-refractivity contribution in [1.82, 2.24) is 20.2 Å². The van der Waals surface area contributed by atoms with E-state index in [1.807, 2.05) is 18.2 Å². The van der Waals surface area contributed by atoms with Gasteiger partial charge in [-0.1, -0.05) is 73.1 Å². The number of hydrogen-bond donors (Lipinski definition) is 1. The van der Waals surface area contributed by atoms with Crippen molar-refractivity contribution < 1.29 is 0 Å². The number of nitrogens with one attached hydrogen (secondary N) is 1. The van der Waals surface area contributed by atoms with Gasteiger partial charge >= 0.3 is 0 Å². The van der Waals surface area contributed by atoms with Gasteiger partial charge in [-0.25, -0.2) is 4.98 Å². The first-order valence-electron chi connectivity index (χ1n) is 9.19. The van der Waals surface area contributed by atoms with Gasteiger partial charge in [-0.3, -0.25) is 0 Å². The Balaban J connectivity index is 1.45. The number of aromatic nitrogens is 4. The highest BCUT2D eigenvalue weighted by atomic mass is 32.2. The summed E-state index contributed by atoms with van der Waals surface area (Å²) in [7, 11) is 0. The molecule has 26 heavy (non-hydrogen) atoms. The maximum Gasteiger partial charge on any atom is 0.211 e. The predicted octanol–water partition coefficient (Wildman–Crippen LogP) is 5.53. The van der Waals surface area contributed by atoms with Crippen molar-refractivity contribution in [2.45, 2.75) is 36.1 Å². The smallest absolute Gasteiger partial charge is 0.211 e. The number of fused-ring (bicyclic) bond motifs is 3. The number of hydrogen-bond acceptors (Lipinski definition) is 4. The molecule has 0 radical (unpaired) electrons. The maximum absolute atomic E-state index is 4.75. The molecule has 1 N–H and O–H groups in total. The van der Waals surface area contributed by atoms with Crippen LogP contribution in [0.4, 0.5) is 0 Å². The lowest BCUT2D eigenvalue weighted by Crippen LogP contribution is -1.99. The molecule has 0 unspecified atom stereocenters. The first-order valence-corrected chi connectivity index (χ1v) is 10.1. The molecule has 2 aromatic heterocycles. The van der Waals surface area contributed by atoms with Gasteiger partial charge in [-0.05, 0) is 30.4 Å². The van der Waals surface area contributed by atoms with Gasteiger partial charge in [0.25, 0.3) is 0 Å². The Morgan fingerprint density at radius 2 is 1.81 bits per heavy atom. The largest absolute Gasteiger partial charge is 0.338 e. The number of aromatic amines is 1. The molecule has 1 saturated carbocycles. The molecule has 0 spiro atoms. The van der Waals surface area contributed by atoms with Crippen LogP contribution >= 0.6 is 11.8 Å². The van der Waals surface area contributed by atoms with Gasteiger partial charge < -0.3 is 4.98 Å². The van der Waals surface area contributed by atoms with Crippen LogP contribution in [0.5, 0.6) is 0 Å². The summed E-state index contributed by atoms with van der Waals surface area (Å²) in [6, 6.07) is 18.8. The molecule has 130 valence electrons. The second-order valence-electron chi connectivity index (χ2n) is 7.00. The molecule has 4 aromatic rings. The molecule has 0 saturated heterocycles. The van der Waals surface area contributed by atoms with Crippen LogP contribution in [0.1, 0.15) is 36.5 Å². The Hall–Kier alpha value is -2.40. The molecule has 5 heteroatoms. The molecule has 4 nitrogen and oxygen atoms in total. The minimum absolute atomic E-state index is 0.375. The van der Waals surface area contributed by atoms with E-state index in [4.69, 9.17) is 4.98 Å². The van der Waals surface area contributed by atoms with Crippen molar-refractivity contribution >= 4 is 33.8 Å². The molecule has 2 heterocycles. The van der Waals surface area contributed by atoms with Gasteiger partial charge in [0.15, 0.2) is 5.65 Å². The van der Waals surface area contributed by atoms with E-state index in [0.717, 1.165) is 39.6 Å². The normalized spacial score (nSPS) is 15.5. The highest BCUT2D eigenvalue weighted by molar-refractivity contribution is 7.99. The standard InChI is InChI=1S/C21H20N4S/c1-2-6-15(7-3-1)18(13-12-14-10-11-14)26-21-23-20-19(24-25-21)16-8-4-5-9-17(16)22-20/h1-9,14,18H,10-13H2,(H,22,23,25)/t18-/m0/s1. The fourth-order valence-corrected chi connectivity index (χ4v) is 4.47. The van der Waals surface area contributed by atoms with Crippen LogP contribution in [0.2, 0.25) is 0 Å². The fraction of sp³-hybridized carbons (Fsp3) is 0.286. The molecule has 0 bridgehead atoms. The molecule has 1 aliphatic rings. The van der Waals surface area contributed by atoms with Crippen molar-refractivity contribution in [2.75, 3.05) is 0 Å². The van der Waals surface area contributed by atoms with E-state index in [-0.39, 0.29) is 0 Å². The minimum atomic E-state index is 0.375. The SMILES string of the molecule is c1ccc([C@H](CCC2CC2)Sc2nnc3c(n2)[nH]c2ccccc23)cc1. The molecule has 1 atom stereocenters. The van der Waals surface area contributed by atoms with Crippen LogP contribution in [0, 0.1) is 5.92 Å². The summed E-state index contributed by atoms with van der Waals surface area (Å²) in [6.07, 6.45) is 5.23. The number of para-hydroxylation sites is 1. The summed E-state index contributed by atoms with van der Waals surface area (Å²) < 4.78 is 0. The third kappa shape index (κ3) is 3.19. The first-order chi connectivity index (χ1) is 12.9. The Bertz CT molecular complexity index is 1040. The van der Waals surface area contributed by atoms with Gasteiger partial charge in [-0.15, -0.1) is 10.2 Å². The van der Waals surface area contributed by atoms with Crippen LogP contribution in [0.15, 0.2) is 59.8 Å². The van der Waals surface area contributed by atoms with Crippen molar-refractivity contribution in [2.24, 2.45) is 5.92 Å².